The Balaban J connectivity index is 1.58. The van der Waals surface area contributed by atoms with E-state index in [1.807, 2.05) is 30.5 Å². The number of nitrogens with zero attached hydrogens (tertiary/aromatic N) is 2. The summed E-state index contributed by atoms with van der Waals surface area (Å²) < 4.78 is 0. The van der Waals surface area contributed by atoms with Crippen molar-refractivity contribution in [2.75, 3.05) is 0 Å². The molecule has 0 saturated heterocycles. The van der Waals surface area contributed by atoms with Crippen LogP contribution < -0.4 is 0 Å². The highest BCUT2D eigenvalue weighted by molar-refractivity contribution is 7.98. The third-order valence-electron chi connectivity index (χ3n) is 3.61. The molecule has 112 valence electrons. The van der Waals surface area contributed by atoms with Gasteiger partial charge in [0, 0.05) is 16.7 Å². The van der Waals surface area contributed by atoms with Crippen molar-refractivity contribution in [2.24, 2.45) is 0 Å². The minimum Gasteiger partial charge on any atom is -0.340 e. The maximum atomic E-state index is 4.58. The lowest BCUT2D eigenvalue weighted by molar-refractivity contribution is 1.13. The lowest BCUT2D eigenvalue weighted by Crippen LogP contribution is -1.83. The summed E-state index contributed by atoms with van der Waals surface area (Å²) in [5.41, 5.74) is 4.02. The van der Waals surface area contributed by atoms with Gasteiger partial charge in [-0.1, -0.05) is 48.5 Å². The number of aromatic nitrogens is 3. The van der Waals surface area contributed by atoms with Crippen LogP contribution in [0.2, 0.25) is 0 Å². The van der Waals surface area contributed by atoms with Crippen molar-refractivity contribution in [3.63, 3.8) is 0 Å². The largest absolute Gasteiger partial charge is 0.340 e. The van der Waals surface area contributed by atoms with Crippen molar-refractivity contribution in [1.29, 1.82) is 0 Å². The molecule has 0 amide bonds. The van der Waals surface area contributed by atoms with Crippen molar-refractivity contribution in [1.82, 2.24) is 15.0 Å². The fourth-order valence-corrected chi connectivity index (χ4v) is 3.26. The predicted octanol–water partition coefficient (Wildman–Crippen LogP) is 4.92. The molecular weight excluding hydrogens is 302 g/mol. The molecule has 0 bridgehead atoms. The number of aromatic amines is 1. The lowest BCUT2D eigenvalue weighted by Gasteiger charge is -1.99. The van der Waals surface area contributed by atoms with E-state index in [-0.39, 0.29) is 0 Å². The molecule has 1 N–H and O–H groups in total. The van der Waals surface area contributed by atoms with Gasteiger partial charge in [-0.15, -0.1) is 11.8 Å². The summed E-state index contributed by atoms with van der Waals surface area (Å²) in [7, 11) is 0. The molecule has 0 saturated carbocycles. The van der Waals surface area contributed by atoms with Gasteiger partial charge in [-0.05, 0) is 23.8 Å². The Morgan fingerprint density at radius 2 is 1.61 bits per heavy atom. The van der Waals surface area contributed by atoms with Crippen molar-refractivity contribution in [2.45, 2.75) is 10.6 Å². The van der Waals surface area contributed by atoms with Crippen LogP contribution in [0.25, 0.3) is 22.3 Å². The fourth-order valence-electron chi connectivity index (χ4n) is 2.48. The minimum atomic E-state index is 0.772. The van der Waals surface area contributed by atoms with Crippen molar-refractivity contribution in [3.8, 4) is 11.1 Å². The number of hydrogen-bond donors (Lipinski definition) is 1. The van der Waals surface area contributed by atoms with E-state index in [1.165, 1.54) is 4.90 Å². The van der Waals surface area contributed by atoms with Crippen LogP contribution in [-0.2, 0) is 5.75 Å². The Bertz CT molecular complexity index is 917. The highest BCUT2D eigenvalue weighted by Gasteiger charge is 2.06. The molecule has 0 fully saturated rings. The second kappa shape index (κ2) is 6.26. The Hall–Kier alpha value is -2.59. The van der Waals surface area contributed by atoms with E-state index in [0.29, 0.717) is 0 Å². The number of H-pyrrole nitrogens is 1. The zero-order valence-corrected chi connectivity index (χ0v) is 13.3. The quantitative estimate of drug-likeness (QED) is 0.543. The van der Waals surface area contributed by atoms with Crippen LogP contribution in [0.4, 0.5) is 0 Å². The molecule has 0 aliphatic rings. The second-order valence-corrected chi connectivity index (χ2v) is 6.30. The van der Waals surface area contributed by atoms with Crippen LogP contribution >= 0.6 is 11.8 Å². The average Bonchev–Trinajstić information content (AvgIpc) is 3.04. The molecule has 4 aromatic rings. The lowest BCUT2D eigenvalue weighted by atomic mass is 10.1. The SMILES string of the molecule is c1ccc(SCc2nc3ncc(-c4ccccc4)cc3[nH]2)cc1. The molecule has 0 atom stereocenters. The topological polar surface area (TPSA) is 41.6 Å². The molecule has 0 aliphatic heterocycles. The predicted molar refractivity (Wildman–Crippen MR) is 95.3 cm³/mol. The van der Waals surface area contributed by atoms with Gasteiger partial charge in [-0.25, -0.2) is 9.97 Å². The molecule has 2 aromatic carbocycles. The number of pyridine rings is 1. The van der Waals surface area contributed by atoms with Crippen molar-refractivity contribution < 1.29 is 0 Å². The van der Waals surface area contributed by atoms with Gasteiger partial charge in [0.1, 0.15) is 5.82 Å². The van der Waals surface area contributed by atoms with E-state index in [2.05, 4.69) is 57.4 Å². The molecule has 2 aromatic heterocycles. The smallest absolute Gasteiger partial charge is 0.177 e. The van der Waals surface area contributed by atoms with Gasteiger partial charge in [0.05, 0.1) is 11.3 Å². The zero-order chi connectivity index (χ0) is 15.5. The van der Waals surface area contributed by atoms with E-state index in [4.69, 9.17) is 0 Å². The minimum absolute atomic E-state index is 0.772. The summed E-state index contributed by atoms with van der Waals surface area (Å²) in [6.45, 7) is 0. The first-order chi connectivity index (χ1) is 11.4. The molecule has 23 heavy (non-hydrogen) atoms. The fraction of sp³-hybridized carbons (Fsp3) is 0.0526. The van der Waals surface area contributed by atoms with E-state index in [0.717, 1.165) is 33.9 Å². The monoisotopic (exact) mass is 317 g/mol. The van der Waals surface area contributed by atoms with Gasteiger partial charge < -0.3 is 4.98 Å². The Kier molecular flexibility index (Phi) is 3.82. The van der Waals surface area contributed by atoms with Gasteiger partial charge in [-0.3, -0.25) is 0 Å². The Morgan fingerprint density at radius 3 is 2.39 bits per heavy atom. The highest BCUT2D eigenvalue weighted by atomic mass is 32.2. The normalized spacial score (nSPS) is 11.0. The Morgan fingerprint density at radius 1 is 0.870 bits per heavy atom. The summed E-state index contributed by atoms with van der Waals surface area (Å²) in [5.74, 6) is 1.76. The molecule has 4 heteroatoms. The van der Waals surface area contributed by atoms with E-state index >= 15 is 0 Å². The molecular formula is C19H15N3S. The first-order valence-electron chi connectivity index (χ1n) is 7.46. The number of rotatable bonds is 4. The summed E-state index contributed by atoms with van der Waals surface area (Å²) >= 11 is 1.77. The van der Waals surface area contributed by atoms with Gasteiger partial charge in [0.25, 0.3) is 0 Å². The van der Waals surface area contributed by atoms with E-state index in [1.54, 1.807) is 11.8 Å². The van der Waals surface area contributed by atoms with Gasteiger partial charge in [-0.2, -0.15) is 0 Å². The van der Waals surface area contributed by atoms with Crippen molar-refractivity contribution >= 4 is 22.9 Å². The first kappa shape index (κ1) is 14.0. The number of thioether (sulfide) groups is 1. The standard InChI is InChI=1S/C19H15N3S/c1-3-7-14(8-4-1)15-11-17-19(20-12-15)22-18(21-17)13-23-16-9-5-2-6-10-16/h1-12H,13H2,(H,20,21,22). The van der Waals surface area contributed by atoms with Crippen molar-refractivity contribution in [3.05, 3.63) is 78.8 Å². The molecule has 0 radical (unpaired) electrons. The van der Waals surface area contributed by atoms with Crippen LogP contribution in [0.1, 0.15) is 5.82 Å². The van der Waals surface area contributed by atoms with E-state index < -0.39 is 0 Å². The first-order valence-corrected chi connectivity index (χ1v) is 8.45. The third-order valence-corrected chi connectivity index (χ3v) is 4.64. The Labute approximate surface area is 138 Å². The summed E-state index contributed by atoms with van der Waals surface area (Å²) in [5, 5.41) is 0. The maximum absolute atomic E-state index is 4.58. The molecule has 0 unspecified atom stereocenters. The molecule has 2 heterocycles. The third kappa shape index (κ3) is 3.12. The summed E-state index contributed by atoms with van der Waals surface area (Å²) in [4.78, 5) is 13.7. The van der Waals surface area contributed by atoms with Crippen LogP contribution in [0.5, 0.6) is 0 Å². The van der Waals surface area contributed by atoms with Crippen LogP contribution in [0.15, 0.2) is 77.8 Å². The number of fused-ring (bicyclic) bond motifs is 1. The summed E-state index contributed by atoms with van der Waals surface area (Å²) in [6, 6.07) is 22.7. The van der Waals surface area contributed by atoms with E-state index in [9.17, 15) is 0 Å². The molecule has 4 rings (SSSR count). The molecule has 3 nitrogen and oxygen atoms in total. The second-order valence-electron chi connectivity index (χ2n) is 5.25. The maximum Gasteiger partial charge on any atom is 0.177 e. The number of imidazole rings is 1. The van der Waals surface area contributed by atoms with Gasteiger partial charge in [0.15, 0.2) is 5.65 Å². The number of hydrogen-bond acceptors (Lipinski definition) is 3. The van der Waals surface area contributed by atoms with Crippen LogP contribution in [0, 0.1) is 0 Å². The summed E-state index contributed by atoms with van der Waals surface area (Å²) in [6.07, 6.45) is 1.88. The van der Waals surface area contributed by atoms with Gasteiger partial charge >= 0.3 is 0 Å². The number of nitrogens with one attached hydrogen (secondary N) is 1. The molecule has 0 aliphatic carbocycles. The number of benzene rings is 2. The zero-order valence-electron chi connectivity index (χ0n) is 12.4. The van der Waals surface area contributed by atoms with Crippen LogP contribution in [0.3, 0.4) is 0 Å². The van der Waals surface area contributed by atoms with Crippen LogP contribution in [-0.4, -0.2) is 15.0 Å². The molecule has 0 spiro atoms. The highest BCUT2D eigenvalue weighted by Crippen LogP contribution is 2.24. The van der Waals surface area contributed by atoms with Gasteiger partial charge in [0.2, 0.25) is 0 Å². The average molecular weight is 317 g/mol.